The van der Waals surface area contributed by atoms with Crippen molar-refractivity contribution in [2.24, 2.45) is 0 Å². The van der Waals surface area contributed by atoms with E-state index in [9.17, 15) is 9.59 Å². The molecular formula is C20H23NO4. The molecule has 0 saturated heterocycles. The van der Waals surface area contributed by atoms with Crippen LogP contribution < -0.4 is 10.1 Å². The number of carbonyl (C=O) groups excluding carboxylic acids is 2. The summed E-state index contributed by atoms with van der Waals surface area (Å²) in [5, 5.41) is 2.82. The maximum atomic E-state index is 12.5. The highest BCUT2D eigenvalue weighted by Crippen LogP contribution is 2.22. The molecule has 2 aromatic rings. The van der Waals surface area contributed by atoms with Crippen molar-refractivity contribution in [3.05, 3.63) is 59.2 Å². The van der Waals surface area contributed by atoms with E-state index in [1.54, 1.807) is 24.3 Å². The summed E-state index contributed by atoms with van der Waals surface area (Å²) in [7, 11) is 1.33. The minimum atomic E-state index is -0.596. The van der Waals surface area contributed by atoms with Crippen LogP contribution in [0.15, 0.2) is 42.5 Å². The Morgan fingerprint density at radius 3 is 2.36 bits per heavy atom. The molecular weight excluding hydrogens is 318 g/mol. The van der Waals surface area contributed by atoms with Crippen molar-refractivity contribution >= 4 is 17.6 Å². The topological polar surface area (TPSA) is 64.6 Å². The molecule has 0 aliphatic carbocycles. The van der Waals surface area contributed by atoms with Crippen molar-refractivity contribution in [2.45, 2.75) is 33.3 Å². The zero-order chi connectivity index (χ0) is 18.4. The number of hydrogen-bond donors (Lipinski definition) is 1. The Morgan fingerprint density at radius 2 is 1.76 bits per heavy atom. The molecule has 1 N–H and O–H groups in total. The van der Waals surface area contributed by atoms with Crippen molar-refractivity contribution in [3.63, 3.8) is 0 Å². The van der Waals surface area contributed by atoms with Gasteiger partial charge in [0.25, 0.3) is 5.91 Å². The molecule has 132 valence electrons. The average Bonchev–Trinajstić information content (AvgIpc) is 2.62. The second-order valence-corrected chi connectivity index (χ2v) is 5.84. The number of benzene rings is 2. The number of nitrogens with one attached hydrogen (secondary N) is 1. The van der Waals surface area contributed by atoms with Crippen LogP contribution in [0.4, 0.5) is 5.69 Å². The molecule has 0 aliphatic heterocycles. The van der Waals surface area contributed by atoms with Gasteiger partial charge < -0.3 is 14.8 Å². The maximum Gasteiger partial charge on any atom is 0.337 e. The fourth-order valence-corrected chi connectivity index (χ4v) is 2.34. The van der Waals surface area contributed by atoms with E-state index in [2.05, 4.69) is 10.1 Å². The molecule has 0 heterocycles. The van der Waals surface area contributed by atoms with Gasteiger partial charge in [-0.2, -0.15) is 0 Å². The normalized spacial score (nSPS) is 11.5. The van der Waals surface area contributed by atoms with Gasteiger partial charge in [0.15, 0.2) is 6.10 Å². The molecule has 1 atom stereocenters. The molecule has 5 nitrogen and oxygen atoms in total. The summed E-state index contributed by atoms with van der Waals surface area (Å²) in [5.41, 5.74) is 3.09. The first-order valence-electron chi connectivity index (χ1n) is 8.17. The van der Waals surface area contributed by atoms with Gasteiger partial charge in [-0.15, -0.1) is 0 Å². The Bertz CT molecular complexity index is 753. The van der Waals surface area contributed by atoms with E-state index in [1.807, 2.05) is 39.0 Å². The molecule has 0 aromatic heterocycles. The zero-order valence-corrected chi connectivity index (χ0v) is 15.0. The minimum Gasteiger partial charge on any atom is -0.480 e. The van der Waals surface area contributed by atoms with Crippen LogP contribution in [0.1, 0.15) is 34.8 Å². The molecule has 0 radical (unpaired) electrons. The lowest BCUT2D eigenvalue weighted by molar-refractivity contribution is -0.122. The number of aryl methyl sites for hydroxylation is 2. The Morgan fingerprint density at radius 1 is 1.08 bits per heavy atom. The van der Waals surface area contributed by atoms with Gasteiger partial charge in [0.05, 0.1) is 12.7 Å². The number of methoxy groups -OCH3 is 1. The number of ether oxygens (including phenoxy) is 2. The van der Waals surface area contributed by atoms with E-state index in [0.29, 0.717) is 23.4 Å². The van der Waals surface area contributed by atoms with E-state index in [1.165, 1.54) is 7.11 Å². The highest BCUT2D eigenvalue weighted by Gasteiger charge is 2.19. The molecule has 0 fully saturated rings. The first-order chi connectivity index (χ1) is 11.9. The van der Waals surface area contributed by atoms with E-state index in [-0.39, 0.29) is 5.91 Å². The lowest BCUT2D eigenvalue weighted by Crippen LogP contribution is -2.32. The number of hydrogen-bond acceptors (Lipinski definition) is 4. The summed E-state index contributed by atoms with van der Waals surface area (Å²) < 4.78 is 10.6. The summed E-state index contributed by atoms with van der Waals surface area (Å²) in [5.74, 6) is 0.0693. The second kappa shape index (κ2) is 8.33. The standard InChI is InChI=1S/C20H23NO4/c1-5-17(25-18-12-13(2)6-7-14(18)3)19(22)21-16-10-8-15(9-11-16)20(23)24-4/h6-12,17H,5H2,1-4H3,(H,21,22)/t17-/m0/s1. The van der Waals surface area contributed by atoms with Gasteiger partial charge in [0.2, 0.25) is 0 Å². The lowest BCUT2D eigenvalue weighted by atomic mass is 10.1. The van der Waals surface area contributed by atoms with Crippen LogP contribution in [0.3, 0.4) is 0 Å². The Labute approximate surface area is 148 Å². The van der Waals surface area contributed by atoms with Crippen molar-refractivity contribution in [1.82, 2.24) is 0 Å². The summed E-state index contributed by atoms with van der Waals surface area (Å²) in [6, 6.07) is 12.4. The van der Waals surface area contributed by atoms with Crippen LogP contribution in [0, 0.1) is 13.8 Å². The number of carbonyl (C=O) groups is 2. The van der Waals surface area contributed by atoms with Gasteiger partial charge >= 0.3 is 5.97 Å². The van der Waals surface area contributed by atoms with Gasteiger partial charge in [-0.3, -0.25) is 4.79 Å². The maximum absolute atomic E-state index is 12.5. The number of esters is 1. The van der Waals surface area contributed by atoms with E-state index < -0.39 is 12.1 Å². The van der Waals surface area contributed by atoms with Crippen LogP contribution in [0.2, 0.25) is 0 Å². The lowest BCUT2D eigenvalue weighted by Gasteiger charge is -2.19. The third kappa shape index (κ3) is 4.83. The summed E-state index contributed by atoms with van der Waals surface area (Å²) >= 11 is 0. The van der Waals surface area contributed by atoms with Gasteiger partial charge in [0.1, 0.15) is 5.75 Å². The van der Waals surface area contributed by atoms with Gasteiger partial charge in [-0.25, -0.2) is 4.79 Å². The first kappa shape index (κ1) is 18.5. The molecule has 2 aromatic carbocycles. The van der Waals surface area contributed by atoms with Gasteiger partial charge in [-0.1, -0.05) is 19.1 Å². The van der Waals surface area contributed by atoms with E-state index in [4.69, 9.17) is 4.74 Å². The zero-order valence-electron chi connectivity index (χ0n) is 15.0. The van der Waals surface area contributed by atoms with Crippen LogP contribution in [-0.2, 0) is 9.53 Å². The van der Waals surface area contributed by atoms with Crippen molar-refractivity contribution in [1.29, 1.82) is 0 Å². The molecule has 5 heteroatoms. The van der Waals surface area contributed by atoms with Crippen LogP contribution >= 0.6 is 0 Å². The third-order valence-corrected chi connectivity index (χ3v) is 3.85. The fourth-order valence-electron chi connectivity index (χ4n) is 2.34. The van der Waals surface area contributed by atoms with Crippen molar-refractivity contribution < 1.29 is 19.1 Å². The van der Waals surface area contributed by atoms with Crippen LogP contribution in [0.25, 0.3) is 0 Å². The number of amides is 1. The molecule has 2 rings (SSSR count). The predicted molar refractivity (Wildman–Crippen MR) is 97.0 cm³/mol. The molecule has 0 bridgehead atoms. The molecule has 25 heavy (non-hydrogen) atoms. The molecule has 0 saturated carbocycles. The summed E-state index contributed by atoms with van der Waals surface area (Å²) in [6.07, 6.45) is -0.0554. The Kier molecular flexibility index (Phi) is 6.17. The van der Waals surface area contributed by atoms with Gasteiger partial charge in [-0.05, 0) is 61.7 Å². The van der Waals surface area contributed by atoms with Crippen LogP contribution in [-0.4, -0.2) is 25.1 Å². The predicted octanol–water partition coefficient (Wildman–Crippen LogP) is 3.89. The largest absolute Gasteiger partial charge is 0.480 e. The van der Waals surface area contributed by atoms with Crippen LogP contribution in [0.5, 0.6) is 5.75 Å². The monoisotopic (exact) mass is 341 g/mol. The molecule has 0 aliphatic rings. The minimum absolute atomic E-state index is 0.228. The SMILES string of the molecule is CC[C@H](Oc1cc(C)ccc1C)C(=O)Nc1ccc(C(=O)OC)cc1. The highest BCUT2D eigenvalue weighted by atomic mass is 16.5. The number of rotatable bonds is 6. The first-order valence-corrected chi connectivity index (χ1v) is 8.17. The van der Waals surface area contributed by atoms with Crippen molar-refractivity contribution in [3.8, 4) is 5.75 Å². The Balaban J connectivity index is 2.07. The third-order valence-electron chi connectivity index (χ3n) is 3.85. The molecule has 0 spiro atoms. The molecule has 1 amide bonds. The van der Waals surface area contributed by atoms with E-state index in [0.717, 1.165) is 11.1 Å². The van der Waals surface area contributed by atoms with Gasteiger partial charge in [0, 0.05) is 5.69 Å². The number of anilines is 1. The van der Waals surface area contributed by atoms with E-state index >= 15 is 0 Å². The highest BCUT2D eigenvalue weighted by molar-refractivity contribution is 5.95. The smallest absolute Gasteiger partial charge is 0.337 e. The van der Waals surface area contributed by atoms with Crippen molar-refractivity contribution in [2.75, 3.05) is 12.4 Å². The second-order valence-electron chi connectivity index (χ2n) is 5.84. The average molecular weight is 341 g/mol. The summed E-state index contributed by atoms with van der Waals surface area (Å²) in [4.78, 5) is 23.9. The quantitative estimate of drug-likeness (QED) is 0.810. The fraction of sp³-hybridized carbons (Fsp3) is 0.300. The Hall–Kier alpha value is -2.82. The summed E-state index contributed by atoms with van der Waals surface area (Å²) in [6.45, 7) is 5.83. The molecule has 0 unspecified atom stereocenters.